The molecule has 1 atom stereocenters. The van der Waals surface area contributed by atoms with Crippen LogP contribution in [0.3, 0.4) is 0 Å². The summed E-state index contributed by atoms with van der Waals surface area (Å²) in [6.07, 6.45) is -0.165. The van der Waals surface area contributed by atoms with Crippen molar-refractivity contribution in [2.75, 3.05) is 33.8 Å². The third-order valence-electron chi connectivity index (χ3n) is 2.92. The van der Waals surface area contributed by atoms with E-state index in [1.807, 2.05) is 31.2 Å². The predicted molar refractivity (Wildman–Crippen MR) is 78.9 cm³/mol. The van der Waals surface area contributed by atoms with Gasteiger partial charge in [0.25, 0.3) is 0 Å². The highest BCUT2D eigenvalue weighted by atomic mass is 16.5. The van der Waals surface area contributed by atoms with Gasteiger partial charge in [-0.3, -0.25) is 4.79 Å². The van der Waals surface area contributed by atoms with E-state index in [0.717, 1.165) is 11.3 Å². The number of amides is 1. The number of rotatable bonds is 8. The minimum atomic E-state index is -0.593. The van der Waals surface area contributed by atoms with Crippen molar-refractivity contribution in [1.29, 1.82) is 0 Å². The van der Waals surface area contributed by atoms with Crippen LogP contribution in [0.25, 0.3) is 0 Å². The number of benzene rings is 1. The predicted octanol–water partition coefficient (Wildman–Crippen LogP) is 0.803. The third-order valence-corrected chi connectivity index (χ3v) is 2.92. The summed E-state index contributed by atoms with van der Waals surface area (Å²) < 4.78 is 5.55. The van der Waals surface area contributed by atoms with Crippen LogP contribution < -0.4 is 10.1 Å². The molecule has 1 aromatic carbocycles. The summed E-state index contributed by atoms with van der Waals surface area (Å²) in [5, 5.41) is 12.8. The van der Waals surface area contributed by atoms with Crippen molar-refractivity contribution in [3.05, 3.63) is 29.8 Å². The van der Waals surface area contributed by atoms with Crippen molar-refractivity contribution in [2.45, 2.75) is 19.4 Å². The molecule has 0 bridgehead atoms. The first kappa shape index (κ1) is 16.5. The van der Waals surface area contributed by atoms with Crippen LogP contribution in [0.15, 0.2) is 24.3 Å². The lowest BCUT2D eigenvalue weighted by molar-refractivity contribution is -0.128. The number of aryl methyl sites for hydroxylation is 1. The Hall–Kier alpha value is -1.59. The second-order valence-corrected chi connectivity index (χ2v) is 4.97. The van der Waals surface area contributed by atoms with Gasteiger partial charge in [-0.2, -0.15) is 0 Å². The average Bonchev–Trinajstić information content (AvgIpc) is 2.42. The minimum absolute atomic E-state index is 0.0724. The van der Waals surface area contributed by atoms with Gasteiger partial charge in [-0.15, -0.1) is 0 Å². The number of para-hydroxylation sites is 1. The first-order chi connectivity index (χ1) is 9.50. The van der Waals surface area contributed by atoms with E-state index in [0.29, 0.717) is 19.5 Å². The quantitative estimate of drug-likeness (QED) is 0.692. The molecule has 0 heterocycles. The largest absolute Gasteiger partial charge is 0.491 e. The van der Waals surface area contributed by atoms with Crippen LogP contribution in [0.1, 0.15) is 12.0 Å². The monoisotopic (exact) mass is 280 g/mol. The summed E-state index contributed by atoms with van der Waals surface area (Å²) in [5.41, 5.74) is 1.05. The smallest absolute Gasteiger partial charge is 0.223 e. The van der Waals surface area contributed by atoms with Crippen molar-refractivity contribution in [2.24, 2.45) is 0 Å². The molecule has 2 N–H and O–H groups in total. The molecule has 1 aromatic rings. The fraction of sp³-hybridized carbons (Fsp3) is 0.533. The Kier molecular flexibility index (Phi) is 7.04. The van der Waals surface area contributed by atoms with Crippen molar-refractivity contribution < 1.29 is 14.6 Å². The molecule has 1 amide bonds. The number of aliphatic hydroxyl groups is 1. The molecular weight excluding hydrogens is 256 g/mol. The molecule has 0 aromatic heterocycles. The van der Waals surface area contributed by atoms with Crippen LogP contribution in [-0.2, 0) is 4.79 Å². The Labute approximate surface area is 120 Å². The van der Waals surface area contributed by atoms with Gasteiger partial charge in [-0.05, 0) is 18.6 Å². The molecular formula is C15H24N2O3. The molecule has 0 fully saturated rings. The summed E-state index contributed by atoms with van der Waals surface area (Å²) >= 11 is 0. The fourth-order valence-electron chi connectivity index (χ4n) is 1.65. The maximum atomic E-state index is 11.3. The van der Waals surface area contributed by atoms with Gasteiger partial charge >= 0.3 is 0 Å². The molecule has 112 valence electrons. The van der Waals surface area contributed by atoms with Crippen LogP contribution >= 0.6 is 0 Å². The van der Waals surface area contributed by atoms with E-state index in [1.54, 1.807) is 19.0 Å². The molecule has 20 heavy (non-hydrogen) atoms. The third kappa shape index (κ3) is 6.04. The van der Waals surface area contributed by atoms with Crippen LogP contribution in [-0.4, -0.2) is 55.8 Å². The van der Waals surface area contributed by atoms with E-state index in [9.17, 15) is 9.90 Å². The molecule has 0 radical (unpaired) electrons. The second kappa shape index (κ2) is 8.55. The summed E-state index contributed by atoms with van der Waals surface area (Å²) in [6, 6.07) is 7.69. The number of nitrogens with zero attached hydrogens (tertiary/aromatic N) is 1. The SMILES string of the molecule is Cc1ccccc1OCC(O)CNCCC(=O)N(C)C. The Bertz CT molecular complexity index is 421. The molecule has 0 aliphatic rings. The van der Waals surface area contributed by atoms with Gasteiger partial charge in [0.1, 0.15) is 18.5 Å². The normalized spacial score (nSPS) is 12.0. The van der Waals surface area contributed by atoms with E-state index in [2.05, 4.69) is 5.32 Å². The number of hydrogen-bond donors (Lipinski definition) is 2. The molecule has 0 spiro atoms. The molecule has 1 rings (SSSR count). The van der Waals surface area contributed by atoms with E-state index in [4.69, 9.17) is 4.74 Å². The maximum Gasteiger partial charge on any atom is 0.223 e. The zero-order valence-electron chi connectivity index (χ0n) is 12.4. The molecule has 5 heteroatoms. The van der Waals surface area contributed by atoms with Gasteiger partial charge in [-0.1, -0.05) is 18.2 Å². The van der Waals surface area contributed by atoms with E-state index in [-0.39, 0.29) is 12.5 Å². The number of ether oxygens (including phenoxy) is 1. The van der Waals surface area contributed by atoms with Crippen LogP contribution in [0.2, 0.25) is 0 Å². The van der Waals surface area contributed by atoms with Crippen molar-refractivity contribution in [3.63, 3.8) is 0 Å². The number of hydrogen-bond acceptors (Lipinski definition) is 4. The average molecular weight is 280 g/mol. The lowest BCUT2D eigenvalue weighted by atomic mass is 10.2. The Morgan fingerprint density at radius 3 is 2.75 bits per heavy atom. The van der Waals surface area contributed by atoms with Gasteiger partial charge < -0.3 is 20.1 Å². The van der Waals surface area contributed by atoms with Gasteiger partial charge in [0.15, 0.2) is 0 Å². The summed E-state index contributed by atoms with van der Waals surface area (Å²) in [7, 11) is 3.46. The van der Waals surface area contributed by atoms with Gasteiger partial charge in [0, 0.05) is 33.6 Å². The van der Waals surface area contributed by atoms with Crippen LogP contribution in [0.5, 0.6) is 5.75 Å². The Morgan fingerprint density at radius 1 is 1.40 bits per heavy atom. The summed E-state index contributed by atoms with van der Waals surface area (Å²) in [4.78, 5) is 12.9. The highest BCUT2D eigenvalue weighted by Gasteiger charge is 2.07. The van der Waals surface area contributed by atoms with Gasteiger partial charge in [0.05, 0.1) is 0 Å². The number of carbonyl (C=O) groups is 1. The van der Waals surface area contributed by atoms with Gasteiger partial charge in [0.2, 0.25) is 5.91 Å². The van der Waals surface area contributed by atoms with Crippen molar-refractivity contribution in [1.82, 2.24) is 10.2 Å². The summed E-state index contributed by atoms with van der Waals surface area (Å²) in [6.45, 7) is 3.16. The highest BCUT2D eigenvalue weighted by Crippen LogP contribution is 2.16. The van der Waals surface area contributed by atoms with Crippen molar-refractivity contribution >= 4 is 5.91 Å². The molecule has 0 aliphatic heterocycles. The topological polar surface area (TPSA) is 61.8 Å². The standard InChI is InChI=1S/C15H24N2O3/c1-12-6-4-5-7-14(12)20-11-13(18)10-16-9-8-15(19)17(2)3/h4-7,13,16,18H,8-11H2,1-3H3. The van der Waals surface area contributed by atoms with Crippen molar-refractivity contribution in [3.8, 4) is 5.75 Å². The fourth-order valence-corrected chi connectivity index (χ4v) is 1.65. The zero-order valence-corrected chi connectivity index (χ0v) is 12.4. The molecule has 0 saturated heterocycles. The molecule has 5 nitrogen and oxygen atoms in total. The number of nitrogens with one attached hydrogen (secondary N) is 1. The lowest BCUT2D eigenvalue weighted by Crippen LogP contribution is -2.34. The molecule has 1 unspecified atom stereocenters. The van der Waals surface area contributed by atoms with E-state index >= 15 is 0 Å². The molecule has 0 aliphatic carbocycles. The van der Waals surface area contributed by atoms with E-state index < -0.39 is 6.10 Å². The van der Waals surface area contributed by atoms with E-state index in [1.165, 1.54) is 0 Å². The first-order valence-electron chi connectivity index (χ1n) is 6.78. The summed E-state index contributed by atoms with van der Waals surface area (Å²) in [5.74, 6) is 0.859. The Morgan fingerprint density at radius 2 is 2.10 bits per heavy atom. The maximum absolute atomic E-state index is 11.3. The molecule has 0 saturated carbocycles. The van der Waals surface area contributed by atoms with Gasteiger partial charge in [-0.25, -0.2) is 0 Å². The van der Waals surface area contributed by atoms with Crippen LogP contribution in [0.4, 0.5) is 0 Å². The lowest BCUT2D eigenvalue weighted by Gasteiger charge is -2.15. The zero-order chi connectivity index (χ0) is 15.0. The minimum Gasteiger partial charge on any atom is -0.491 e. The second-order valence-electron chi connectivity index (χ2n) is 4.97. The Balaban J connectivity index is 2.16. The number of aliphatic hydroxyl groups excluding tert-OH is 1. The highest BCUT2D eigenvalue weighted by molar-refractivity contribution is 5.75. The first-order valence-corrected chi connectivity index (χ1v) is 6.78. The number of carbonyl (C=O) groups excluding carboxylic acids is 1. The van der Waals surface area contributed by atoms with Crippen LogP contribution in [0, 0.1) is 6.92 Å².